The van der Waals surface area contributed by atoms with Gasteiger partial charge in [-0.15, -0.1) is 0 Å². The summed E-state index contributed by atoms with van der Waals surface area (Å²) in [5.41, 5.74) is 4.03. The number of amides is 2. The van der Waals surface area contributed by atoms with Gasteiger partial charge in [0.15, 0.2) is 0 Å². The summed E-state index contributed by atoms with van der Waals surface area (Å²) >= 11 is 6.17. The standard InChI is InChI=1S/C26H29ClN4O2/c1-30(2)16-26(9-10-26)19-4-6-20(7-5-19)31-15-17(11-24(31)32)13-29-25(33)18-3-8-23-21(12-18)22(27)14-28-23/h3-8,12,14,17,28H,9-11,13,15-16H2,1-2H3,(H,29,33). The van der Waals surface area contributed by atoms with Crippen LogP contribution in [-0.4, -0.2) is 55.4 Å². The van der Waals surface area contributed by atoms with Gasteiger partial charge in [0.1, 0.15) is 0 Å². The largest absolute Gasteiger partial charge is 0.360 e. The van der Waals surface area contributed by atoms with Crippen molar-refractivity contribution in [1.82, 2.24) is 15.2 Å². The Kier molecular flexibility index (Phi) is 5.67. The van der Waals surface area contributed by atoms with Gasteiger partial charge in [-0.25, -0.2) is 0 Å². The van der Waals surface area contributed by atoms with E-state index in [-0.39, 0.29) is 23.1 Å². The van der Waals surface area contributed by atoms with Gasteiger partial charge >= 0.3 is 0 Å². The molecule has 6 nitrogen and oxygen atoms in total. The third-order valence-electron chi connectivity index (χ3n) is 6.91. The first-order valence-electron chi connectivity index (χ1n) is 11.5. The van der Waals surface area contributed by atoms with Gasteiger partial charge in [0.05, 0.1) is 5.02 Å². The molecule has 1 saturated heterocycles. The number of fused-ring (bicyclic) bond motifs is 1. The molecule has 0 radical (unpaired) electrons. The van der Waals surface area contributed by atoms with Crippen molar-refractivity contribution in [1.29, 1.82) is 0 Å². The molecule has 2 aliphatic rings. The molecular formula is C26H29ClN4O2. The van der Waals surface area contributed by atoms with Crippen molar-refractivity contribution in [2.75, 3.05) is 38.6 Å². The monoisotopic (exact) mass is 464 g/mol. The summed E-state index contributed by atoms with van der Waals surface area (Å²) in [7, 11) is 4.23. The lowest BCUT2D eigenvalue weighted by molar-refractivity contribution is -0.117. The third kappa shape index (κ3) is 4.37. The Morgan fingerprint density at radius 3 is 2.67 bits per heavy atom. The maximum atomic E-state index is 12.7. The normalized spacial score (nSPS) is 19.5. The topological polar surface area (TPSA) is 68.4 Å². The number of rotatable bonds is 7. The number of nitrogens with one attached hydrogen (secondary N) is 2. The van der Waals surface area contributed by atoms with E-state index < -0.39 is 0 Å². The van der Waals surface area contributed by atoms with Crippen LogP contribution in [0.3, 0.4) is 0 Å². The Balaban J connectivity index is 1.20. The van der Waals surface area contributed by atoms with Crippen LogP contribution in [0, 0.1) is 5.92 Å². The van der Waals surface area contributed by atoms with Crippen LogP contribution in [0.15, 0.2) is 48.7 Å². The average molecular weight is 465 g/mol. The molecular weight excluding hydrogens is 436 g/mol. The molecule has 3 aromatic rings. The highest BCUT2D eigenvalue weighted by atomic mass is 35.5. The van der Waals surface area contributed by atoms with Crippen LogP contribution >= 0.6 is 11.6 Å². The van der Waals surface area contributed by atoms with Crippen molar-refractivity contribution in [3.8, 4) is 0 Å². The molecule has 2 amide bonds. The number of aromatic nitrogens is 1. The van der Waals surface area contributed by atoms with Crippen molar-refractivity contribution in [2.45, 2.75) is 24.7 Å². The van der Waals surface area contributed by atoms with Crippen molar-refractivity contribution in [2.24, 2.45) is 5.92 Å². The lowest BCUT2D eigenvalue weighted by Gasteiger charge is -2.22. The number of benzene rings is 2. The number of hydrogen-bond acceptors (Lipinski definition) is 3. The first-order valence-corrected chi connectivity index (χ1v) is 11.8. The Morgan fingerprint density at radius 1 is 1.21 bits per heavy atom. The molecule has 7 heteroatoms. The maximum Gasteiger partial charge on any atom is 0.251 e. The SMILES string of the molecule is CN(C)CC1(c2ccc(N3CC(CNC(=O)c4ccc5[nH]cc(Cl)c5c4)CC3=O)cc2)CC1. The Morgan fingerprint density at radius 2 is 1.97 bits per heavy atom. The van der Waals surface area contributed by atoms with Crippen molar-refractivity contribution >= 4 is 40.0 Å². The van der Waals surface area contributed by atoms with E-state index in [1.165, 1.54) is 18.4 Å². The van der Waals surface area contributed by atoms with Crippen LogP contribution < -0.4 is 10.2 Å². The van der Waals surface area contributed by atoms with E-state index in [1.807, 2.05) is 11.0 Å². The maximum absolute atomic E-state index is 12.7. The molecule has 1 aliphatic heterocycles. The summed E-state index contributed by atoms with van der Waals surface area (Å²) in [5.74, 6) is 0.0428. The van der Waals surface area contributed by atoms with Gasteiger partial charge in [0.2, 0.25) is 5.91 Å². The molecule has 2 N–H and O–H groups in total. The van der Waals surface area contributed by atoms with Crippen molar-refractivity contribution < 1.29 is 9.59 Å². The van der Waals surface area contributed by atoms with Crippen molar-refractivity contribution in [3.63, 3.8) is 0 Å². The number of nitrogens with zero attached hydrogens (tertiary/aromatic N) is 2. The second kappa shape index (κ2) is 8.50. The zero-order valence-electron chi connectivity index (χ0n) is 19.0. The van der Waals surface area contributed by atoms with Crippen LogP contribution in [0.2, 0.25) is 5.02 Å². The van der Waals surface area contributed by atoms with E-state index >= 15 is 0 Å². The van der Waals surface area contributed by atoms with Crippen LogP contribution in [0.25, 0.3) is 10.9 Å². The average Bonchev–Trinajstić information content (AvgIpc) is 3.34. The molecule has 0 spiro atoms. The number of hydrogen-bond donors (Lipinski definition) is 2. The molecule has 1 unspecified atom stereocenters. The van der Waals surface area contributed by atoms with E-state index in [9.17, 15) is 9.59 Å². The summed E-state index contributed by atoms with van der Waals surface area (Å²) in [4.78, 5) is 32.5. The van der Waals surface area contributed by atoms with E-state index in [0.29, 0.717) is 30.1 Å². The number of halogens is 1. The summed E-state index contributed by atoms with van der Waals surface area (Å²) in [6.07, 6.45) is 4.59. The lowest BCUT2D eigenvalue weighted by atomic mass is 9.95. The number of aromatic amines is 1. The molecule has 2 fully saturated rings. The van der Waals surface area contributed by atoms with Gasteiger partial charge in [-0.05, 0) is 62.8 Å². The molecule has 1 atom stereocenters. The fourth-order valence-corrected chi connectivity index (χ4v) is 5.23. The molecule has 2 heterocycles. The number of H-pyrrole nitrogens is 1. The van der Waals surface area contributed by atoms with E-state index in [0.717, 1.165) is 23.1 Å². The van der Waals surface area contributed by atoms with Gasteiger partial charge in [0, 0.05) is 65.7 Å². The van der Waals surface area contributed by atoms with Gasteiger partial charge in [0.25, 0.3) is 5.91 Å². The van der Waals surface area contributed by atoms with Gasteiger partial charge in [-0.2, -0.15) is 0 Å². The second-order valence-corrected chi connectivity index (χ2v) is 10.2. The minimum atomic E-state index is -0.153. The number of carbonyl (C=O) groups is 2. The summed E-state index contributed by atoms with van der Waals surface area (Å²) < 4.78 is 0. The zero-order chi connectivity index (χ0) is 23.2. The zero-order valence-corrected chi connectivity index (χ0v) is 19.8. The van der Waals surface area contributed by atoms with Gasteiger partial charge < -0.3 is 20.1 Å². The minimum absolute atomic E-state index is 0.0872. The van der Waals surface area contributed by atoms with Crippen LogP contribution in [0.4, 0.5) is 5.69 Å². The molecule has 0 bridgehead atoms. The number of carbonyl (C=O) groups excluding carboxylic acids is 2. The van der Waals surface area contributed by atoms with Crippen LogP contribution in [0.1, 0.15) is 35.2 Å². The van der Waals surface area contributed by atoms with Crippen LogP contribution in [-0.2, 0) is 10.2 Å². The molecule has 2 aromatic carbocycles. The molecule has 5 rings (SSSR count). The Labute approximate surface area is 198 Å². The predicted octanol–water partition coefficient (Wildman–Crippen LogP) is 4.20. The molecule has 33 heavy (non-hydrogen) atoms. The summed E-state index contributed by atoms with van der Waals surface area (Å²) in [6, 6.07) is 13.9. The van der Waals surface area contributed by atoms with Gasteiger partial charge in [-0.3, -0.25) is 9.59 Å². The molecule has 1 aliphatic carbocycles. The number of anilines is 1. The molecule has 172 valence electrons. The Hall–Kier alpha value is -2.83. The number of likely N-dealkylation sites (N-methyl/N-ethyl adjacent to an activating group) is 1. The van der Waals surface area contributed by atoms with E-state index in [2.05, 4.69) is 53.6 Å². The van der Waals surface area contributed by atoms with E-state index in [4.69, 9.17) is 11.6 Å². The molecule has 1 saturated carbocycles. The van der Waals surface area contributed by atoms with Crippen LogP contribution in [0.5, 0.6) is 0 Å². The van der Waals surface area contributed by atoms with Crippen molar-refractivity contribution in [3.05, 3.63) is 64.8 Å². The predicted molar refractivity (Wildman–Crippen MR) is 132 cm³/mol. The third-order valence-corrected chi connectivity index (χ3v) is 7.23. The summed E-state index contributed by atoms with van der Waals surface area (Å²) in [6.45, 7) is 2.13. The quantitative estimate of drug-likeness (QED) is 0.550. The highest BCUT2D eigenvalue weighted by molar-refractivity contribution is 6.35. The fraction of sp³-hybridized carbons (Fsp3) is 0.385. The fourth-order valence-electron chi connectivity index (χ4n) is 5.02. The minimum Gasteiger partial charge on any atom is -0.360 e. The van der Waals surface area contributed by atoms with Gasteiger partial charge in [-0.1, -0.05) is 23.7 Å². The summed E-state index contributed by atoms with van der Waals surface area (Å²) in [5, 5.41) is 4.41. The first kappa shape index (κ1) is 22.0. The lowest BCUT2D eigenvalue weighted by Crippen LogP contribution is -2.31. The smallest absolute Gasteiger partial charge is 0.251 e. The highest BCUT2D eigenvalue weighted by Crippen LogP contribution is 2.48. The second-order valence-electron chi connectivity index (χ2n) is 9.75. The molecule has 1 aromatic heterocycles. The first-order chi connectivity index (χ1) is 15.8. The Bertz CT molecular complexity index is 1200. The highest BCUT2D eigenvalue weighted by Gasteiger charge is 2.44. The van der Waals surface area contributed by atoms with E-state index in [1.54, 1.807) is 18.3 Å².